The van der Waals surface area contributed by atoms with Gasteiger partial charge >= 0.3 is 6.09 Å². The quantitative estimate of drug-likeness (QED) is 0.737. The fourth-order valence-corrected chi connectivity index (χ4v) is 0.935. The van der Waals surface area contributed by atoms with Crippen molar-refractivity contribution in [3.05, 3.63) is 0 Å². The van der Waals surface area contributed by atoms with Gasteiger partial charge < -0.3 is 19.9 Å². The van der Waals surface area contributed by atoms with Gasteiger partial charge in [0, 0.05) is 7.11 Å². The molecule has 0 saturated heterocycles. The summed E-state index contributed by atoms with van der Waals surface area (Å²) in [6.45, 7) is 6.91. The molecular weight excluding hydrogens is 198 g/mol. The highest BCUT2D eigenvalue weighted by Crippen LogP contribution is 2.07. The van der Waals surface area contributed by atoms with Crippen molar-refractivity contribution >= 4 is 6.09 Å². The number of aliphatic hydroxyl groups is 1. The molecule has 0 aliphatic heterocycles. The molecule has 0 fully saturated rings. The van der Waals surface area contributed by atoms with Gasteiger partial charge in [0.1, 0.15) is 5.60 Å². The van der Waals surface area contributed by atoms with Crippen molar-refractivity contribution in [1.82, 2.24) is 5.32 Å². The number of hydrogen-bond acceptors (Lipinski definition) is 4. The molecule has 5 nitrogen and oxygen atoms in total. The van der Waals surface area contributed by atoms with Gasteiger partial charge in [0.25, 0.3) is 0 Å². The highest BCUT2D eigenvalue weighted by atomic mass is 16.6. The van der Waals surface area contributed by atoms with E-state index < -0.39 is 17.7 Å². The highest BCUT2D eigenvalue weighted by Gasteiger charge is 2.22. The molecule has 90 valence electrons. The normalized spacial score (nSPS) is 15.6. The SMILES string of the molecule is CO[C@H](C)[C@H](CO)NC(=O)OC(C)(C)C. The van der Waals surface area contributed by atoms with E-state index in [1.807, 2.05) is 0 Å². The second kappa shape index (κ2) is 5.92. The molecule has 0 spiro atoms. The van der Waals surface area contributed by atoms with E-state index in [-0.39, 0.29) is 12.7 Å². The third-order valence-corrected chi connectivity index (χ3v) is 1.84. The molecule has 0 aliphatic rings. The molecule has 0 aliphatic carbocycles. The molecule has 0 unspecified atom stereocenters. The van der Waals surface area contributed by atoms with Crippen LogP contribution in [-0.4, -0.2) is 42.7 Å². The number of nitrogens with one attached hydrogen (secondary N) is 1. The van der Waals surface area contributed by atoms with Gasteiger partial charge in [0.2, 0.25) is 0 Å². The van der Waals surface area contributed by atoms with E-state index in [1.54, 1.807) is 27.7 Å². The Hall–Kier alpha value is -0.810. The van der Waals surface area contributed by atoms with Gasteiger partial charge in [-0.2, -0.15) is 0 Å². The van der Waals surface area contributed by atoms with Gasteiger partial charge in [-0.15, -0.1) is 0 Å². The van der Waals surface area contributed by atoms with E-state index in [9.17, 15) is 4.79 Å². The number of rotatable bonds is 4. The van der Waals surface area contributed by atoms with E-state index in [2.05, 4.69) is 5.32 Å². The van der Waals surface area contributed by atoms with Crippen molar-refractivity contribution in [2.24, 2.45) is 0 Å². The third kappa shape index (κ3) is 6.30. The first-order valence-corrected chi connectivity index (χ1v) is 4.93. The Balaban J connectivity index is 4.13. The van der Waals surface area contributed by atoms with E-state index in [0.717, 1.165) is 0 Å². The molecule has 0 rings (SSSR count). The Morgan fingerprint density at radius 2 is 2.00 bits per heavy atom. The number of alkyl carbamates (subject to hydrolysis) is 1. The average molecular weight is 219 g/mol. The fourth-order valence-electron chi connectivity index (χ4n) is 0.935. The summed E-state index contributed by atoms with van der Waals surface area (Å²) in [5.41, 5.74) is -0.541. The maximum absolute atomic E-state index is 11.3. The van der Waals surface area contributed by atoms with Crippen molar-refractivity contribution in [3.63, 3.8) is 0 Å². The first-order valence-electron chi connectivity index (χ1n) is 4.93. The van der Waals surface area contributed by atoms with Crippen molar-refractivity contribution in [2.75, 3.05) is 13.7 Å². The zero-order chi connectivity index (χ0) is 12.1. The number of hydrogen-bond donors (Lipinski definition) is 2. The van der Waals surface area contributed by atoms with Gasteiger partial charge in [-0.3, -0.25) is 0 Å². The predicted molar refractivity (Wildman–Crippen MR) is 56.7 cm³/mol. The van der Waals surface area contributed by atoms with Crippen molar-refractivity contribution in [3.8, 4) is 0 Å². The van der Waals surface area contributed by atoms with Crippen molar-refractivity contribution in [1.29, 1.82) is 0 Å². The summed E-state index contributed by atoms with van der Waals surface area (Å²) < 4.78 is 10.1. The number of ether oxygens (including phenoxy) is 2. The third-order valence-electron chi connectivity index (χ3n) is 1.84. The second-order valence-electron chi connectivity index (χ2n) is 4.38. The summed E-state index contributed by atoms with van der Waals surface area (Å²) in [7, 11) is 1.52. The maximum Gasteiger partial charge on any atom is 0.408 e. The van der Waals surface area contributed by atoms with Crippen LogP contribution in [0.4, 0.5) is 4.79 Å². The fraction of sp³-hybridized carbons (Fsp3) is 0.900. The monoisotopic (exact) mass is 219 g/mol. The molecule has 15 heavy (non-hydrogen) atoms. The average Bonchev–Trinajstić information content (AvgIpc) is 2.10. The standard InChI is InChI=1S/C10H21NO4/c1-7(14-5)8(6-12)11-9(13)15-10(2,3)4/h7-8,12H,6H2,1-5H3,(H,11,13)/t7-,8+/m1/s1. The molecule has 0 aromatic rings. The Morgan fingerprint density at radius 3 is 2.33 bits per heavy atom. The van der Waals surface area contributed by atoms with Gasteiger partial charge in [0.15, 0.2) is 0 Å². The smallest absolute Gasteiger partial charge is 0.408 e. The first-order chi connectivity index (χ1) is 6.80. The summed E-state index contributed by atoms with van der Waals surface area (Å²) in [5.74, 6) is 0. The molecule has 0 heterocycles. The van der Waals surface area contributed by atoms with Crippen LogP contribution in [0.1, 0.15) is 27.7 Å². The first kappa shape index (κ1) is 14.2. The van der Waals surface area contributed by atoms with E-state index in [1.165, 1.54) is 7.11 Å². The lowest BCUT2D eigenvalue weighted by Crippen LogP contribution is -2.47. The van der Waals surface area contributed by atoms with Crippen LogP contribution in [0.3, 0.4) is 0 Å². The largest absolute Gasteiger partial charge is 0.444 e. The highest BCUT2D eigenvalue weighted by molar-refractivity contribution is 5.68. The predicted octanol–water partition coefficient (Wildman–Crippen LogP) is 0.907. The number of aliphatic hydroxyl groups excluding tert-OH is 1. The molecule has 0 aromatic carbocycles. The Morgan fingerprint density at radius 1 is 1.47 bits per heavy atom. The summed E-state index contributed by atoms with van der Waals surface area (Å²) in [5, 5.41) is 11.6. The van der Waals surface area contributed by atoms with Gasteiger partial charge in [-0.1, -0.05) is 0 Å². The molecule has 1 amide bonds. The van der Waals surface area contributed by atoms with E-state index >= 15 is 0 Å². The topological polar surface area (TPSA) is 67.8 Å². The van der Waals surface area contributed by atoms with Crippen LogP contribution >= 0.6 is 0 Å². The Bertz CT molecular complexity index is 200. The van der Waals surface area contributed by atoms with Crippen LogP contribution in [0.5, 0.6) is 0 Å². The molecule has 0 radical (unpaired) electrons. The molecule has 0 bridgehead atoms. The number of methoxy groups -OCH3 is 1. The summed E-state index contributed by atoms with van der Waals surface area (Å²) in [6, 6.07) is -0.454. The molecule has 2 atom stereocenters. The summed E-state index contributed by atoms with van der Waals surface area (Å²) in [4.78, 5) is 11.3. The Labute approximate surface area is 90.8 Å². The Kier molecular flexibility index (Phi) is 5.60. The minimum atomic E-state index is -0.551. The summed E-state index contributed by atoms with van der Waals surface area (Å²) >= 11 is 0. The van der Waals surface area contributed by atoms with Crippen LogP contribution < -0.4 is 5.32 Å². The number of carbonyl (C=O) groups excluding carboxylic acids is 1. The zero-order valence-electron chi connectivity index (χ0n) is 10.0. The van der Waals surface area contributed by atoms with Crippen LogP contribution in [0, 0.1) is 0 Å². The van der Waals surface area contributed by atoms with Crippen LogP contribution in [-0.2, 0) is 9.47 Å². The molecule has 0 saturated carbocycles. The summed E-state index contributed by atoms with van der Waals surface area (Å²) in [6.07, 6.45) is -0.812. The van der Waals surface area contributed by atoms with Gasteiger partial charge in [0.05, 0.1) is 18.8 Å². The zero-order valence-corrected chi connectivity index (χ0v) is 10.0. The molecule has 2 N–H and O–H groups in total. The second-order valence-corrected chi connectivity index (χ2v) is 4.38. The lowest BCUT2D eigenvalue weighted by molar-refractivity contribution is 0.0278. The van der Waals surface area contributed by atoms with Crippen LogP contribution in [0.25, 0.3) is 0 Å². The van der Waals surface area contributed by atoms with Gasteiger partial charge in [-0.25, -0.2) is 4.79 Å². The lowest BCUT2D eigenvalue weighted by atomic mass is 10.2. The van der Waals surface area contributed by atoms with Crippen molar-refractivity contribution in [2.45, 2.75) is 45.4 Å². The van der Waals surface area contributed by atoms with E-state index in [0.29, 0.717) is 0 Å². The van der Waals surface area contributed by atoms with Crippen molar-refractivity contribution < 1.29 is 19.4 Å². The minimum Gasteiger partial charge on any atom is -0.444 e. The van der Waals surface area contributed by atoms with Crippen LogP contribution in [0.2, 0.25) is 0 Å². The maximum atomic E-state index is 11.3. The lowest BCUT2D eigenvalue weighted by Gasteiger charge is -2.25. The number of amides is 1. The molecule has 0 aromatic heterocycles. The molecular formula is C10H21NO4. The van der Waals surface area contributed by atoms with Crippen LogP contribution in [0.15, 0.2) is 0 Å². The van der Waals surface area contributed by atoms with E-state index in [4.69, 9.17) is 14.6 Å². The van der Waals surface area contributed by atoms with Gasteiger partial charge in [-0.05, 0) is 27.7 Å². The number of carbonyl (C=O) groups is 1. The minimum absolute atomic E-state index is 0.186. The molecule has 5 heteroatoms.